The lowest BCUT2D eigenvalue weighted by Crippen LogP contribution is -2.41. The van der Waals surface area contributed by atoms with E-state index < -0.39 is 10.2 Å². The van der Waals surface area contributed by atoms with Gasteiger partial charge in [0.1, 0.15) is 17.4 Å². The van der Waals surface area contributed by atoms with Gasteiger partial charge in [-0.2, -0.15) is 17.0 Å². The summed E-state index contributed by atoms with van der Waals surface area (Å²) in [5, 5.41) is 1.02. The number of nitrogens with zero attached hydrogens (tertiary/aromatic N) is 3. The van der Waals surface area contributed by atoms with Gasteiger partial charge in [0.2, 0.25) is 0 Å². The molecule has 2 fully saturated rings. The maximum atomic E-state index is 12.6. The minimum atomic E-state index is -3.34. The summed E-state index contributed by atoms with van der Waals surface area (Å²) >= 11 is 0. The first kappa shape index (κ1) is 15.8. The number of pyridine rings is 1. The fraction of sp³-hybridized carbons (Fsp3) is 0.471. The molecule has 24 heavy (non-hydrogen) atoms. The molecule has 6 nitrogen and oxygen atoms in total. The van der Waals surface area contributed by atoms with Gasteiger partial charge in [0.15, 0.2) is 0 Å². The van der Waals surface area contributed by atoms with Crippen molar-refractivity contribution in [1.29, 1.82) is 0 Å². The number of aromatic nitrogens is 1. The highest BCUT2D eigenvalue weighted by Gasteiger charge is 2.37. The van der Waals surface area contributed by atoms with E-state index in [1.807, 2.05) is 30.3 Å². The van der Waals surface area contributed by atoms with Gasteiger partial charge in [-0.15, -0.1) is 0 Å². The molecule has 0 saturated carbocycles. The summed E-state index contributed by atoms with van der Waals surface area (Å²) in [5.74, 6) is 0.721. The van der Waals surface area contributed by atoms with Crippen LogP contribution in [0.5, 0.6) is 5.75 Å². The van der Waals surface area contributed by atoms with Crippen molar-refractivity contribution in [2.45, 2.75) is 25.4 Å². The van der Waals surface area contributed by atoms with Crippen molar-refractivity contribution in [3.8, 4) is 5.75 Å². The molecule has 0 N–H and O–H groups in total. The molecule has 0 unspecified atom stereocenters. The van der Waals surface area contributed by atoms with Crippen molar-refractivity contribution in [1.82, 2.24) is 13.6 Å². The molecule has 7 heteroatoms. The molecule has 0 spiro atoms. The van der Waals surface area contributed by atoms with Gasteiger partial charge < -0.3 is 4.74 Å². The van der Waals surface area contributed by atoms with Crippen LogP contribution >= 0.6 is 0 Å². The molecule has 2 aromatic rings. The summed E-state index contributed by atoms with van der Waals surface area (Å²) in [7, 11) is -3.34. The van der Waals surface area contributed by atoms with E-state index in [2.05, 4.69) is 4.98 Å². The number of rotatable bonds is 4. The fourth-order valence-corrected chi connectivity index (χ4v) is 5.17. The fourth-order valence-electron chi connectivity index (χ4n) is 3.44. The van der Waals surface area contributed by atoms with Crippen molar-refractivity contribution in [3.63, 3.8) is 0 Å². The highest BCUT2D eigenvalue weighted by atomic mass is 32.2. The highest BCUT2D eigenvalue weighted by Crippen LogP contribution is 2.28. The Bertz CT molecular complexity index is 829. The van der Waals surface area contributed by atoms with E-state index in [0.717, 1.165) is 29.5 Å². The van der Waals surface area contributed by atoms with Crippen LogP contribution in [0, 0.1) is 0 Å². The zero-order chi connectivity index (χ0) is 16.6. The first-order chi connectivity index (χ1) is 11.6. The van der Waals surface area contributed by atoms with E-state index in [-0.39, 0.29) is 6.10 Å². The smallest absolute Gasteiger partial charge is 0.282 e. The first-order valence-electron chi connectivity index (χ1n) is 8.40. The number of ether oxygens (including phenoxy) is 1. The molecule has 3 heterocycles. The van der Waals surface area contributed by atoms with Crippen LogP contribution in [-0.2, 0) is 10.2 Å². The second-order valence-corrected chi connectivity index (χ2v) is 8.26. The maximum absolute atomic E-state index is 12.6. The summed E-state index contributed by atoms with van der Waals surface area (Å²) < 4.78 is 34.5. The Labute approximate surface area is 142 Å². The van der Waals surface area contributed by atoms with Crippen molar-refractivity contribution < 1.29 is 13.2 Å². The van der Waals surface area contributed by atoms with Crippen LogP contribution in [0.3, 0.4) is 0 Å². The Kier molecular flexibility index (Phi) is 4.15. The van der Waals surface area contributed by atoms with Gasteiger partial charge >= 0.3 is 0 Å². The van der Waals surface area contributed by atoms with Gasteiger partial charge in [-0.3, -0.25) is 4.98 Å². The molecule has 1 aromatic carbocycles. The van der Waals surface area contributed by atoms with E-state index in [0.29, 0.717) is 32.6 Å². The van der Waals surface area contributed by atoms with Gasteiger partial charge in [-0.05, 0) is 31.4 Å². The van der Waals surface area contributed by atoms with E-state index in [9.17, 15) is 8.42 Å². The summed E-state index contributed by atoms with van der Waals surface area (Å²) in [6, 6.07) is 9.72. The SMILES string of the molecule is O=S(=O)(N1CCCC1)N1CC[C@@H](Oc2cccc3cccnc23)C1. The largest absolute Gasteiger partial charge is 0.487 e. The predicted molar refractivity (Wildman–Crippen MR) is 92.1 cm³/mol. The van der Waals surface area contributed by atoms with Crippen LogP contribution in [0.15, 0.2) is 36.5 Å². The zero-order valence-electron chi connectivity index (χ0n) is 13.5. The maximum Gasteiger partial charge on any atom is 0.282 e. The Morgan fingerprint density at radius 3 is 2.67 bits per heavy atom. The predicted octanol–water partition coefficient (Wildman–Crippen LogP) is 2.03. The van der Waals surface area contributed by atoms with Gasteiger partial charge in [-0.1, -0.05) is 18.2 Å². The van der Waals surface area contributed by atoms with Crippen LogP contribution in [0.4, 0.5) is 0 Å². The van der Waals surface area contributed by atoms with Gasteiger partial charge in [0, 0.05) is 31.2 Å². The first-order valence-corrected chi connectivity index (χ1v) is 9.80. The minimum absolute atomic E-state index is 0.130. The van der Waals surface area contributed by atoms with Gasteiger partial charge in [-0.25, -0.2) is 0 Å². The standard InChI is InChI=1S/C17H21N3O3S/c21-24(22,19-10-1-2-11-19)20-12-8-15(13-20)23-16-7-3-5-14-6-4-9-18-17(14)16/h3-7,9,15H,1-2,8,10-13H2/t15-/m1/s1. The molecule has 2 aliphatic heterocycles. The van der Waals surface area contributed by atoms with Crippen molar-refractivity contribution in [3.05, 3.63) is 36.5 Å². The zero-order valence-corrected chi connectivity index (χ0v) is 14.3. The Hall–Kier alpha value is -1.70. The number of benzene rings is 1. The van der Waals surface area contributed by atoms with Crippen LogP contribution in [0.1, 0.15) is 19.3 Å². The van der Waals surface area contributed by atoms with Crippen LogP contribution in [0.2, 0.25) is 0 Å². The van der Waals surface area contributed by atoms with Crippen molar-refractivity contribution in [2.75, 3.05) is 26.2 Å². The molecule has 2 saturated heterocycles. The highest BCUT2D eigenvalue weighted by molar-refractivity contribution is 7.86. The van der Waals surface area contributed by atoms with E-state index in [4.69, 9.17) is 4.74 Å². The lowest BCUT2D eigenvalue weighted by Gasteiger charge is -2.23. The van der Waals surface area contributed by atoms with E-state index in [1.54, 1.807) is 14.8 Å². The average Bonchev–Trinajstić information content (AvgIpc) is 3.28. The summed E-state index contributed by atoms with van der Waals surface area (Å²) in [4.78, 5) is 4.39. The third-order valence-electron chi connectivity index (χ3n) is 4.71. The van der Waals surface area contributed by atoms with Gasteiger partial charge in [0.25, 0.3) is 10.2 Å². The number of hydrogen-bond acceptors (Lipinski definition) is 4. The molecule has 0 aliphatic carbocycles. The average molecular weight is 347 g/mol. The third kappa shape index (κ3) is 2.87. The molecular formula is C17H21N3O3S. The lowest BCUT2D eigenvalue weighted by molar-refractivity contribution is 0.216. The molecule has 0 radical (unpaired) electrons. The second kappa shape index (κ2) is 6.31. The number of para-hydroxylation sites is 1. The van der Waals surface area contributed by atoms with Crippen LogP contribution in [-0.4, -0.2) is 54.3 Å². The lowest BCUT2D eigenvalue weighted by atomic mass is 10.2. The van der Waals surface area contributed by atoms with Crippen LogP contribution < -0.4 is 4.74 Å². The van der Waals surface area contributed by atoms with Gasteiger partial charge in [0.05, 0.1) is 6.54 Å². The molecule has 128 valence electrons. The van der Waals surface area contributed by atoms with Crippen molar-refractivity contribution >= 4 is 21.1 Å². The van der Waals surface area contributed by atoms with E-state index >= 15 is 0 Å². The summed E-state index contributed by atoms with van der Waals surface area (Å²) in [6.07, 6.45) is 4.23. The Morgan fingerprint density at radius 2 is 1.83 bits per heavy atom. The summed E-state index contributed by atoms with van der Waals surface area (Å²) in [5.41, 5.74) is 0.820. The molecular weight excluding hydrogens is 326 g/mol. The molecule has 1 atom stereocenters. The third-order valence-corrected chi connectivity index (χ3v) is 6.72. The normalized spacial score (nSPS) is 23.1. The topological polar surface area (TPSA) is 62.7 Å². The molecule has 0 bridgehead atoms. The minimum Gasteiger partial charge on any atom is -0.487 e. The monoisotopic (exact) mass is 347 g/mol. The molecule has 2 aliphatic rings. The van der Waals surface area contributed by atoms with Crippen molar-refractivity contribution in [2.24, 2.45) is 0 Å². The molecule has 4 rings (SSSR count). The Morgan fingerprint density at radius 1 is 1.04 bits per heavy atom. The number of hydrogen-bond donors (Lipinski definition) is 0. The second-order valence-electron chi connectivity index (χ2n) is 6.33. The Balaban J connectivity index is 1.49. The molecule has 0 amide bonds. The number of fused-ring (bicyclic) bond motifs is 1. The quantitative estimate of drug-likeness (QED) is 0.849. The van der Waals surface area contributed by atoms with E-state index in [1.165, 1.54) is 0 Å². The van der Waals surface area contributed by atoms with Crippen LogP contribution in [0.25, 0.3) is 10.9 Å². The summed E-state index contributed by atoms with van der Waals surface area (Å²) in [6.45, 7) is 2.19. The molecule has 1 aromatic heterocycles.